The highest BCUT2D eigenvalue weighted by Gasteiger charge is 2.38. The molecule has 0 spiro atoms. The largest absolute Gasteiger partial charge is 0.326 e. The Hall–Kier alpha value is -1.35. The zero-order valence-corrected chi connectivity index (χ0v) is 10.5. The van der Waals surface area contributed by atoms with Crippen molar-refractivity contribution in [3.8, 4) is 0 Å². The molecular formula is C14H20N2O. The number of hydrogen-bond donors (Lipinski definition) is 2. The Kier molecular flexibility index (Phi) is 3.79. The van der Waals surface area contributed by atoms with Gasteiger partial charge in [-0.25, -0.2) is 0 Å². The molecule has 2 N–H and O–H groups in total. The molecule has 0 aliphatic heterocycles. The SMILES string of the molecule is CCNCc1cccc(NC(=O)[C@H]2C[C@@H]2C)c1. The van der Waals surface area contributed by atoms with Crippen molar-refractivity contribution in [1.29, 1.82) is 0 Å². The van der Waals surface area contributed by atoms with E-state index in [0.29, 0.717) is 5.92 Å². The van der Waals surface area contributed by atoms with Crippen molar-refractivity contribution >= 4 is 11.6 Å². The first-order valence-corrected chi connectivity index (χ1v) is 6.31. The van der Waals surface area contributed by atoms with Gasteiger partial charge in [-0.2, -0.15) is 0 Å². The summed E-state index contributed by atoms with van der Waals surface area (Å²) < 4.78 is 0. The molecule has 0 saturated heterocycles. The van der Waals surface area contributed by atoms with Crippen LogP contribution in [0.1, 0.15) is 25.8 Å². The fourth-order valence-corrected chi connectivity index (χ4v) is 1.95. The monoisotopic (exact) mass is 232 g/mol. The maximum atomic E-state index is 11.8. The standard InChI is InChI=1S/C14H20N2O/c1-3-15-9-11-5-4-6-12(8-11)16-14(17)13-7-10(13)2/h4-6,8,10,13,15H,3,7,9H2,1-2H3,(H,16,17)/t10-,13-/m0/s1. The number of nitrogens with one attached hydrogen (secondary N) is 2. The zero-order chi connectivity index (χ0) is 12.3. The van der Waals surface area contributed by atoms with Gasteiger partial charge in [-0.05, 0) is 36.6 Å². The lowest BCUT2D eigenvalue weighted by Gasteiger charge is -2.07. The van der Waals surface area contributed by atoms with Crippen LogP contribution >= 0.6 is 0 Å². The molecule has 0 radical (unpaired) electrons. The van der Waals surface area contributed by atoms with E-state index in [9.17, 15) is 4.79 Å². The Morgan fingerprint density at radius 2 is 2.24 bits per heavy atom. The van der Waals surface area contributed by atoms with E-state index < -0.39 is 0 Å². The molecule has 1 aliphatic rings. The van der Waals surface area contributed by atoms with Crippen LogP contribution in [-0.4, -0.2) is 12.5 Å². The fourth-order valence-electron chi connectivity index (χ4n) is 1.95. The smallest absolute Gasteiger partial charge is 0.227 e. The zero-order valence-electron chi connectivity index (χ0n) is 10.5. The lowest BCUT2D eigenvalue weighted by molar-refractivity contribution is -0.117. The number of anilines is 1. The van der Waals surface area contributed by atoms with Crippen molar-refractivity contribution in [2.45, 2.75) is 26.8 Å². The molecule has 3 heteroatoms. The van der Waals surface area contributed by atoms with E-state index in [4.69, 9.17) is 0 Å². The van der Waals surface area contributed by atoms with E-state index in [0.717, 1.165) is 25.2 Å². The Balaban J connectivity index is 1.93. The molecule has 1 aliphatic carbocycles. The molecule has 92 valence electrons. The number of carbonyl (C=O) groups excluding carboxylic acids is 1. The van der Waals surface area contributed by atoms with E-state index in [1.807, 2.05) is 18.2 Å². The van der Waals surface area contributed by atoms with Crippen LogP contribution in [0.2, 0.25) is 0 Å². The van der Waals surface area contributed by atoms with Crippen molar-refractivity contribution in [1.82, 2.24) is 5.32 Å². The summed E-state index contributed by atoms with van der Waals surface area (Å²) in [7, 11) is 0. The van der Waals surface area contributed by atoms with Crippen LogP contribution in [0.15, 0.2) is 24.3 Å². The van der Waals surface area contributed by atoms with Gasteiger partial charge in [0, 0.05) is 18.2 Å². The highest BCUT2D eigenvalue weighted by molar-refractivity contribution is 5.94. The van der Waals surface area contributed by atoms with Gasteiger partial charge in [0.05, 0.1) is 0 Å². The third-order valence-corrected chi connectivity index (χ3v) is 3.22. The van der Waals surface area contributed by atoms with Crippen LogP contribution in [0.3, 0.4) is 0 Å². The van der Waals surface area contributed by atoms with Gasteiger partial charge in [0.15, 0.2) is 0 Å². The first-order valence-electron chi connectivity index (χ1n) is 6.31. The number of amides is 1. The van der Waals surface area contributed by atoms with Gasteiger partial charge < -0.3 is 10.6 Å². The molecule has 2 rings (SSSR count). The van der Waals surface area contributed by atoms with Crippen LogP contribution < -0.4 is 10.6 Å². The van der Waals surface area contributed by atoms with Gasteiger partial charge >= 0.3 is 0 Å². The van der Waals surface area contributed by atoms with Gasteiger partial charge in [0.25, 0.3) is 0 Å². The number of rotatable bonds is 5. The van der Waals surface area contributed by atoms with Crippen molar-refractivity contribution in [3.05, 3.63) is 29.8 Å². The van der Waals surface area contributed by atoms with Crippen LogP contribution in [0.4, 0.5) is 5.69 Å². The maximum Gasteiger partial charge on any atom is 0.227 e. The minimum atomic E-state index is 0.165. The molecule has 3 nitrogen and oxygen atoms in total. The third-order valence-electron chi connectivity index (χ3n) is 3.22. The Bertz CT molecular complexity index is 403. The molecule has 0 aromatic heterocycles. The summed E-state index contributed by atoms with van der Waals surface area (Å²) in [5.41, 5.74) is 2.11. The van der Waals surface area contributed by atoms with E-state index in [-0.39, 0.29) is 11.8 Å². The molecule has 0 bridgehead atoms. The van der Waals surface area contributed by atoms with Gasteiger partial charge in [0.1, 0.15) is 0 Å². The highest BCUT2D eigenvalue weighted by atomic mass is 16.2. The summed E-state index contributed by atoms with van der Waals surface area (Å²) in [5, 5.41) is 6.26. The minimum Gasteiger partial charge on any atom is -0.326 e. The minimum absolute atomic E-state index is 0.165. The predicted octanol–water partition coefficient (Wildman–Crippen LogP) is 2.39. The van der Waals surface area contributed by atoms with Crippen molar-refractivity contribution in [3.63, 3.8) is 0 Å². The second-order valence-corrected chi connectivity index (χ2v) is 4.79. The summed E-state index contributed by atoms with van der Waals surface area (Å²) in [4.78, 5) is 11.8. The molecule has 0 heterocycles. The Morgan fingerprint density at radius 3 is 2.88 bits per heavy atom. The molecule has 1 aromatic carbocycles. The van der Waals surface area contributed by atoms with Gasteiger partial charge in [-0.15, -0.1) is 0 Å². The predicted molar refractivity (Wildman–Crippen MR) is 69.7 cm³/mol. The van der Waals surface area contributed by atoms with Crippen molar-refractivity contribution in [2.24, 2.45) is 11.8 Å². The molecule has 1 aromatic rings. The Morgan fingerprint density at radius 1 is 1.47 bits per heavy atom. The van der Waals surface area contributed by atoms with Crippen molar-refractivity contribution in [2.75, 3.05) is 11.9 Å². The first-order chi connectivity index (χ1) is 8.20. The number of benzene rings is 1. The van der Waals surface area contributed by atoms with Crippen LogP contribution in [0, 0.1) is 11.8 Å². The van der Waals surface area contributed by atoms with Crippen LogP contribution in [0.5, 0.6) is 0 Å². The second kappa shape index (κ2) is 5.32. The number of hydrogen-bond acceptors (Lipinski definition) is 2. The van der Waals surface area contributed by atoms with E-state index in [1.165, 1.54) is 5.56 Å². The lowest BCUT2D eigenvalue weighted by atomic mass is 10.2. The molecule has 17 heavy (non-hydrogen) atoms. The second-order valence-electron chi connectivity index (χ2n) is 4.79. The molecule has 0 unspecified atom stereocenters. The topological polar surface area (TPSA) is 41.1 Å². The van der Waals surface area contributed by atoms with Crippen LogP contribution in [-0.2, 0) is 11.3 Å². The maximum absolute atomic E-state index is 11.8. The molecular weight excluding hydrogens is 212 g/mol. The first kappa shape index (κ1) is 12.1. The van der Waals surface area contributed by atoms with E-state index in [2.05, 4.69) is 30.5 Å². The van der Waals surface area contributed by atoms with Crippen molar-refractivity contribution < 1.29 is 4.79 Å². The summed E-state index contributed by atoms with van der Waals surface area (Å²) in [6.45, 7) is 6.00. The van der Waals surface area contributed by atoms with Crippen LogP contribution in [0.25, 0.3) is 0 Å². The molecule has 2 atom stereocenters. The Labute approximate surface area is 103 Å². The lowest BCUT2D eigenvalue weighted by Crippen LogP contribution is -2.15. The molecule has 1 saturated carbocycles. The van der Waals surface area contributed by atoms with E-state index >= 15 is 0 Å². The third kappa shape index (κ3) is 3.30. The summed E-state index contributed by atoms with van der Waals surface area (Å²) in [6.07, 6.45) is 1.03. The molecule has 1 amide bonds. The normalized spacial score (nSPS) is 22.2. The van der Waals surface area contributed by atoms with Gasteiger partial charge in [0.2, 0.25) is 5.91 Å². The fraction of sp³-hybridized carbons (Fsp3) is 0.500. The van der Waals surface area contributed by atoms with Gasteiger partial charge in [-0.3, -0.25) is 4.79 Å². The van der Waals surface area contributed by atoms with E-state index in [1.54, 1.807) is 0 Å². The molecule has 1 fully saturated rings. The summed E-state index contributed by atoms with van der Waals surface area (Å²) >= 11 is 0. The quantitative estimate of drug-likeness (QED) is 0.818. The highest BCUT2D eigenvalue weighted by Crippen LogP contribution is 2.38. The average molecular weight is 232 g/mol. The summed E-state index contributed by atoms with van der Waals surface area (Å²) in [5.74, 6) is 0.950. The van der Waals surface area contributed by atoms with Gasteiger partial charge in [-0.1, -0.05) is 26.0 Å². The summed E-state index contributed by atoms with van der Waals surface area (Å²) in [6, 6.07) is 8.03. The number of carbonyl (C=O) groups is 1. The average Bonchev–Trinajstić information content (AvgIpc) is 3.04.